The van der Waals surface area contributed by atoms with Crippen LogP contribution in [0.5, 0.6) is 0 Å². The van der Waals surface area contributed by atoms with E-state index in [0.717, 1.165) is 16.2 Å². The number of thioether (sulfide) groups is 1. The van der Waals surface area contributed by atoms with Crippen LogP contribution in [0.1, 0.15) is 24.8 Å². The molecule has 0 radical (unpaired) electrons. The molecule has 3 rings (SSSR count). The summed E-state index contributed by atoms with van der Waals surface area (Å²) >= 11 is 3.10. The predicted molar refractivity (Wildman–Crippen MR) is 105 cm³/mol. The average molecular weight is 388 g/mol. The van der Waals surface area contributed by atoms with Crippen molar-refractivity contribution in [3.63, 3.8) is 0 Å². The van der Waals surface area contributed by atoms with Gasteiger partial charge in [-0.1, -0.05) is 30.7 Å². The predicted octanol–water partition coefficient (Wildman–Crippen LogP) is 4.64. The molecule has 2 heterocycles. The second-order valence-electron chi connectivity index (χ2n) is 5.90. The summed E-state index contributed by atoms with van der Waals surface area (Å²) < 4.78 is 5.72. The minimum atomic E-state index is 0.0771. The fourth-order valence-electron chi connectivity index (χ4n) is 2.41. The number of thiophene rings is 1. The molecule has 1 aromatic carbocycles. The van der Waals surface area contributed by atoms with Crippen molar-refractivity contribution < 1.29 is 9.21 Å². The smallest absolute Gasteiger partial charge is 0.257 e. The van der Waals surface area contributed by atoms with Crippen LogP contribution < -0.4 is 0 Å². The van der Waals surface area contributed by atoms with Crippen LogP contribution in [0.25, 0.3) is 10.8 Å². The van der Waals surface area contributed by atoms with Gasteiger partial charge in [0.15, 0.2) is 0 Å². The molecule has 0 saturated carbocycles. The number of nitrogens with zero attached hydrogens (tertiary/aromatic N) is 3. The number of amides is 1. The number of hydrogen-bond donors (Lipinski definition) is 0. The Morgan fingerprint density at radius 3 is 2.73 bits per heavy atom. The summed E-state index contributed by atoms with van der Waals surface area (Å²) in [5, 5.41) is 10.1. The van der Waals surface area contributed by atoms with E-state index in [1.165, 1.54) is 5.56 Å². The number of carbonyl (C=O) groups is 1. The highest BCUT2D eigenvalue weighted by atomic mass is 32.2. The Labute approximate surface area is 161 Å². The second kappa shape index (κ2) is 9.00. The number of rotatable bonds is 8. The number of aryl methyl sites for hydroxylation is 1. The Balaban J connectivity index is 1.60. The topological polar surface area (TPSA) is 59.2 Å². The molecule has 0 atom stereocenters. The number of carbonyl (C=O) groups excluding carboxylic acids is 1. The Morgan fingerprint density at radius 2 is 2.04 bits per heavy atom. The molecule has 5 nitrogen and oxygen atoms in total. The SMILES string of the molecule is CCCN(Cc1nnc(-c2cccs2)o1)C(=O)CSc1ccc(C)cc1. The van der Waals surface area contributed by atoms with E-state index in [4.69, 9.17) is 4.42 Å². The van der Waals surface area contributed by atoms with Gasteiger partial charge in [-0.25, -0.2) is 0 Å². The average Bonchev–Trinajstić information content (AvgIpc) is 3.32. The zero-order chi connectivity index (χ0) is 18.4. The van der Waals surface area contributed by atoms with Gasteiger partial charge in [0, 0.05) is 11.4 Å². The molecule has 0 N–H and O–H groups in total. The fourth-order valence-corrected chi connectivity index (χ4v) is 3.86. The van der Waals surface area contributed by atoms with Crippen LogP contribution in [-0.2, 0) is 11.3 Å². The third-order valence-corrected chi connectivity index (χ3v) is 5.61. The molecule has 0 aliphatic heterocycles. The molecular weight excluding hydrogens is 366 g/mol. The van der Waals surface area contributed by atoms with Gasteiger partial charge >= 0.3 is 0 Å². The molecule has 1 amide bonds. The van der Waals surface area contributed by atoms with Crippen molar-refractivity contribution >= 4 is 29.0 Å². The molecule has 0 spiro atoms. The molecule has 136 valence electrons. The Morgan fingerprint density at radius 1 is 1.23 bits per heavy atom. The van der Waals surface area contributed by atoms with Crippen molar-refractivity contribution in [1.29, 1.82) is 0 Å². The first kappa shape index (κ1) is 18.7. The second-order valence-corrected chi connectivity index (χ2v) is 7.89. The van der Waals surface area contributed by atoms with E-state index < -0.39 is 0 Å². The first-order valence-electron chi connectivity index (χ1n) is 8.49. The Bertz CT molecular complexity index is 829. The monoisotopic (exact) mass is 387 g/mol. The van der Waals surface area contributed by atoms with Crippen LogP contribution in [0.2, 0.25) is 0 Å². The van der Waals surface area contributed by atoms with Crippen molar-refractivity contribution in [2.75, 3.05) is 12.3 Å². The molecule has 0 aliphatic carbocycles. The van der Waals surface area contributed by atoms with Crippen LogP contribution in [0.3, 0.4) is 0 Å². The maximum atomic E-state index is 12.6. The normalized spacial score (nSPS) is 10.8. The summed E-state index contributed by atoms with van der Waals surface area (Å²) in [4.78, 5) is 16.4. The van der Waals surface area contributed by atoms with Gasteiger partial charge in [-0.3, -0.25) is 4.79 Å². The molecule has 0 aliphatic rings. The van der Waals surface area contributed by atoms with Gasteiger partial charge in [-0.15, -0.1) is 33.3 Å². The minimum absolute atomic E-state index is 0.0771. The van der Waals surface area contributed by atoms with E-state index >= 15 is 0 Å². The molecule has 2 aromatic heterocycles. The van der Waals surface area contributed by atoms with E-state index in [1.807, 2.05) is 29.6 Å². The molecule has 0 bridgehead atoms. The van der Waals surface area contributed by atoms with Gasteiger partial charge in [-0.2, -0.15) is 0 Å². The van der Waals surface area contributed by atoms with Crippen LogP contribution in [0, 0.1) is 6.92 Å². The summed E-state index contributed by atoms with van der Waals surface area (Å²) in [6.45, 7) is 5.12. The van der Waals surface area contributed by atoms with Gasteiger partial charge < -0.3 is 9.32 Å². The first-order chi connectivity index (χ1) is 12.7. The lowest BCUT2D eigenvalue weighted by Crippen LogP contribution is -2.32. The summed E-state index contributed by atoms with van der Waals surface area (Å²) in [6, 6.07) is 12.1. The van der Waals surface area contributed by atoms with Crippen molar-refractivity contribution in [3.8, 4) is 10.8 Å². The highest BCUT2D eigenvalue weighted by molar-refractivity contribution is 8.00. The minimum Gasteiger partial charge on any atom is -0.418 e. The number of hydrogen-bond acceptors (Lipinski definition) is 6. The maximum Gasteiger partial charge on any atom is 0.257 e. The van der Waals surface area contributed by atoms with Crippen molar-refractivity contribution in [2.45, 2.75) is 31.7 Å². The molecule has 0 fully saturated rings. The number of aromatic nitrogens is 2. The van der Waals surface area contributed by atoms with Gasteiger partial charge in [0.25, 0.3) is 5.89 Å². The van der Waals surface area contributed by atoms with Gasteiger partial charge in [0.05, 0.1) is 17.2 Å². The summed E-state index contributed by atoms with van der Waals surface area (Å²) in [5.41, 5.74) is 1.21. The lowest BCUT2D eigenvalue weighted by molar-refractivity contribution is -0.129. The molecule has 0 saturated heterocycles. The maximum absolute atomic E-state index is 12.6. The summed E-state index contributed by atoms with van der Waals surface area (Å²) in [7, 11) is 0. The van der Waals surface area contributed by atoms with E-state index in [1.54, 1.807) is 28.0 Å². The van der Waals surface area contributed by atoms with Crippen molar-refractivity contribution in [1.82, 2.24) is 15.1 Å². The zero-order valence-electron chi connectivity index (χ0n) is 14.8. The quantitative estimate of drug-likeness (QED) is 0.527. The molecule has 3 aromatic rings. The zero-order valence-corrected chi connectivity index (χ0v) is 16.5. The van der Waals surface area contributed by atoms with Crippen LogP contribution in [0.4, 0.5) is 0 Å². The lowest BCUT2D eigenvalue weighted by Gasteiger charge is -2.20. The van der Waals surface area contributed by atoms with Crippen LogP contribution in [0.15, 0.2) is 51.1 Å². The summed E-state index contributed by atoms with van der Waals surface area (Å²) in [6.07, 6.45) is 0.882. The van der Waals surface area contributed by atoms with Crippen molar-refractivity contribution in [2.24, 2.45) is 0 Å². The Kier molecular flexibility index (Phi) is 6.46. The number of benzene rings is 1. The van der Waals surface area contributed by atoms with Crippen LogP contribution >= 0.6 is 23.1 Å². The van der Waals surface area contributed by atoms with Gasteiger partial charge in [0.1, 0.15) is 0 Å². The highest BCUT2D eigenvalue weighted by Crippen LogP contribution is 2.24. The largest absolute Gasteiger partial charge is 0.418 e. The third kappa shape index (κ3) is 4.95. The molecule has 0 unspecified atom stereocenters. The van der Waals surface area contributed by atoms with E-state index in [2.05, 4.69) is 36.2 Å². The van der Waals surface area contributed by atoms with Gasteiger partial charge in [-0.05, 0) is 36.9 Å². The molecular formula is C19H21N3O2S2. The van der Waals surface area contributed by atoms with Gasteiger partial charge in [0.2, 0.25) is 11.8 Å². The van der Waals surface area contributed by atoms with Crippen LogP contribution in [-0.4, -0.2) is 33.3 Å². The van der Waals surface area contributed by atoms with E-state index in [-0.39, 0.29) is 5.91 Å². The third-order valence-electron chi connectivity index (χ3n) is 3.75. The molecule has 26 heavy (non-hydrogen) atoms. The lowest BCUT2D eigenvalue weighted by atomic mass is 10.2. The van der Waals surface area contributed by atoms with E-state index in [0.29, 0.717) is 30.6 Å². The molecule has 7 heteroatoms. The Hall–Kier alpha value is -2.12. The fraction of sp³-hybridized carbons (Fsp3) is 0.316. The van der Waals surface area contributed by atoms with E-state index in [9.17, 15) is 4.79 Å². The highest BCUT2D eigenvalue weighted by Gasteiger charge is 2.18. The summed E-state index contributed by atoms with van der Waals surface area (Å²) in [5.74, 6) is 1.45. The first-order valence-corrected chi connectivity index (χ1v) is 10.4. The van der Waals surface area contributed by atoms with Crippen molar-refractivity contribution in [3.05, 3.63) is 53.2 Å². The standard InChI is InChI=1S/C19H21N3O2S2/c1-3-10-22(18(23)13-26-15-8-6-14(2)7-9-15)12-17-20-21-19(24-17)16-5-4-11-25-16/h4-9,11H,3,10,12-13H2,1-2H3.